The molecule has 2 aromatic carbocycles. The van der Waals surface area contributed by atoms with Crippen molar-refractivity contribution in [2.75, 3.05) is 0 Å². The summed E-state index contributed by atoms with van der Waals surface area (Å²) in [4.78, 5) is 11.8. The van der Waals surface area contributed by atoms with Crippen LogP contribution in [0.4, 0.5) is 22.0 Å². The zero-order chi connectivity index (χ0) is 17.6. The van der Waals surface area contributed by atoms with Crippen LogP contribution in [0, 0.1) is 29.1 Å². The van der Waals surface area contributed by atoms with E-state index < -0.39 is 52.6 Å². The van der Waals surface area contributed by atoms with Crippen LogP contribution >= 0.6 is 0 Å². The van der Waals surface area contributed by atoms with E-state index in [2.05, 4.69) is 6.58 Å². The minimum absolute atomic E-state index is 0.129. The maximum Gasteiger partial charge on any atom is 0.334 e. The molecule has 0 saturated carbocycles. The van der Waals surface area contributed by atoms with Gasteiger partial charge in [-0.25, -0.2) is 26.7 Å². The van der Waals surface area contributed by atoms with Gasteiger partial charge in [0.1, 0.15) is 6.10 Å². The molecule has 0 amide bonds. The number of carbonyl (C=O) groups is 1. The van der Waals surface area contributed by atoms with Gasteiger partial charge in [-0.2, -0.15) is 0 Å². The highest BCUT2D eigenvalue weighted by atomic mass is 19.2. The number of hydrogen-bond donors (Lipinski definition) is 0. The van der Waals surface area contributed by atoms with Gasteiger partial charge in [0.05, 0.1) is 11.5 Å². The first-order valence-electron chi connectivity index (χ1n) is 6.80. The Labute approximate surface area is 133 Å². The zero-order valence-corrected chi connectivity index (χ0v) is 12.0. The van der Waals surface area contributed by atoms with Crippen molar-refractivity contribution in [1.82, 2.24) is 0 Å². The molecule has 0 radical (unpaired) electrons. The molecule has 1 fully saturated rings. The van der Waals surface area contributed by atoms with Crippen molar-refractivity contribution in [3.63, 3.8) is 0 Å². The summed E-state index contributed by atoms with van der Waals surface area (Å²) in [5.41, 5.74) is -0.912. The molecule has 0 unspecified atom stereocenters. The summed E-state index contributed by atoms with van der Waals surface area (Å²) in [5, 5.41) is 0. The predicted octanol–water partition coefficient (Wildman–Crippen LogP) is 4.32. The fourth-order valence-corrected chi connectivity index (χ4v) is 2.70. The number of carbonyl (C=O) groups excluding carboxylic acids is 1. The number of halogens is 5. The van der Waals surface area contributed by atoms with E-state index in [1.807, 2.05) is 0 Å². The molecular weight excluding hydrogens is 331 g/mol. The second-order valence-corrected chi connectivity index (χ2v) is 5.22. The minimum atomic E-state index is -2.27. The van der Waals surface area contributed by atoms with E-state index in [0.717, 1.165) is 0 Å². The van der Waals surface area contributed by atoms with Crippen LogP contribution in [0.2, 0.25) is 0 Å². The quantitative estimate of drug-likeness (QED) is 0.268. The molecule has 7 heteroatoms. The number of ether oxygens (including phenoxy) is 1. The summed E-state index contributed by atoms with van der Waals surface area (Å²) in [5.74, 6) is -12.5. The molecular formula is C17H9F5O2. The van der Waals surface area contributed by atoms with Crippen LogP contribution in [0.1, 0.15) is 23.1 Å². The standard InChI is InChI=1S/C17H9F5O2/c1-7-9(8-5-3-2-4-6-8)16(24-17(7)23)10-11(18)13(20)15(22)14(21)12(10)19/h2-6,9,16H,1H2/t9-,16-/m0/s1. The van der Waals surface area contributed by atoms with Crippen molar-refractivity contribution in [2.24, 2.45) is 0 Å². The lowest BCUT2D eigenvalue weighted by Crippen LogP contribution is -2.15. The van der Waals surface area contributed by atoms with Gasteiger partial charge >= 0.3 is 5.97 Å². The fraction of sp³-hybridized carbons (Fsp3) is 0.118. The molecule has 2 aromatic rings. The summed E-state index contributed by atoms with van der Waals surface area (Å²) in [7, 11) is 0. The smallest absolute Gasteiger partial charge is 0.334 e. The number of rotatable bonds is 2. The van der Waals surface area contributed by atoms with Crippen molar-refractivity contribution in [3.05, 3.63) is 82.7 Å². The summed E-state index contributed by atoms with van der Waals surface area (Å²) in [6, 6.07) is 7.94. The highest BCUT2D eigenvalue weighted by Crippen LogP contribution is 2.47. The van der Waals surface area contributed by atoms with Crippen molar-refractivity contribution >= 4 is 5.97 Å². The van der Waals surface area contributed by atoms with Gasteiger partial charge in [-0.15, -0.1) is 0 Å². The molecule has 24 heavy (non-hydrogen) atoms. The van der Waals surface area contributed by atoms with E-state index >= 15 is 0 Å². The molecule has 1 aliphatic heterocycles. The Balaban J connectivity index is 2.22. The van der Waals surface area contributed by atoms with Gasteiger partial charge < -0.3 is 4.74 Å². The van der Waals surface area contributed by atoms with Gasteiger partial charge in [0.2, 0.25) is 5.82 Å². The summed E-state index contributed by atoms with van der Waals surface area (Å²) >= 11 is 0. The Morgan fingerprint density at radius 2 is 1.33 bits per heavy atom. The molecule has 0 N–H and O–H groups in total. The average molecular weight is 340 g/mol. The van der Waals surface area contributed by atoms with E-state index in [0.29, 0.717) is 5.56 Å². The normalized spacial score (nSPS) is 20.4. The van der Waals surface area contributed by atoms with Gasteiger partial charge in [0.25, 0.3) is 0 Å². The van der Waals surface area contributed by atoms with Gasteiger partial charge in [0.15, 0.2) is 23.3 Å². The summed E-state index contributed by atoms with van der Waals surface area (Å²) < 4.78 is 73.1. The van der Waals surface area contributed by atoms with Crippen LogP contribution in [-0.4, -0.2) is 5.97 Å². The number of esters is 1. The average Bonchev–Trinajstić information content (AvgIpc) is 2.87. The highest BCUT2D eigenvalue weighted by molar-refractivity contribution is 5.92. The van der Waals surface area contributed by atoms with E-state index in [1.54, 1.807) is 18.2 Å². The number of hydrogen-bond acceptors (Lipinski definition) is 2. The van der Waals surface area contributed by atoms with Crippen LogP contribution in [0.5, 0.6) is 0 Å². The summed E-state index contributed by atoms with van der Waals surface area (Å²) in [6.07, 6.45) is -1.70. The molecule has 0 spiro atoms. The second-order valence-electron chi connectivity index (χ2n) is 5.22. The molecule has 1 aliphatic rings. The van der Waals surface area contributed by atoms with Gasteiger partial charge in [-0.1, -0.05) is 36.9 Å². The fourth-order valence-electron chi connectivity index (χ4n) is 2.70. The third kappa shape index (κ3) is 2.28. The van der Waals surface area contributed by atoms with Crippen LogP contribution in [0.15, 0.2) is 42.5 Å². The predicted molar refractivity (Wildman–Crippen MR) is 73.4 cm³/mol. The van der Waals surface area contributed by atoms with Crippen LogP contribution < -0.4 is 0 Å². The van der Waals surface area contributed by atoms with Gasteiger partial charge in [-0.3, -0.25) is 0 Å². The van der Waals surface area contributed by atoms with Crippen molar-refractivity contribution in [1.29, 1.82) is 0 Å². The maximum atomic E-state index is 14.1. The van der Waals surface area contributed by atoms with Crippen LogP contribution in [0.25, 0.3) is 0 Å². The molecule has 0 aliphatic carbocycles. The molecule has 3 rings (SSSR count). The molecule has 1 heterocycles. The first kappa shape index (κ1) is 16.2. The zero-order valence-electron chi connectivity index (χ0n) is 12.0. The van der Waals surface area contributed by atoms with E-state index in [4.69, 9.17) is 4.74 Å². The Kier molecular flexibility index (Phi) is 3.87. The third-order valence-corrected chi connectivity index (χ3v) is 3.86. The van der Waals surface area contributed by atoms with Crippen molar-refractivity contribution in [2.45, 2.75) is 12.0 Å². The lowest BCUT2D eigenvalue weighted by molar-refractivity contribution is -0.139. The Morgan fingerprint density at radius 3 is 1.88 bits per heavy atom. The Bertz CT molecular complexity index is 819. The van der Waals surface area contributed by atoms with Gasteiger partial charge in [0, 0.05) is 5.57 Å². The first-order valence-corrected chi connectivity index (χ1v) is 6.80. The third-order valence-electron chi connectivity index (χ3n) is 3.86. The minimum Gasteiger partial charge on any atom is -0.453 e. The van der Waals surface area contributed by atoms with E-state index in [9.17, 15) is 26.7 Å². The molecule has 0 aromatic heterocycles. The van der Waals surface area contributed by atoms with Crippen LogP contribution in [0.3, 0.4) is 0 Å². The maximum absolute atomic E-state index is 14.1. The van der Waals surface area contributed by atoms with Crippen molar-refractivity contribution < 1.29 is 31.5 Å². The molecule has 1 saturated heterocycles. The largest absolute Gasteiger partial charge is 0.453 e. The van der Waals surface area contributed by atoms with Gasteiger partial charge in [-0.05, 0) is 5.56 Å². The molecule has 0 bridgehead atoms. The molecule has 2 nitrogen and oxygen atoms in total. The van der Waals surface area contributed by atoms with Crippen molar-refractivity contribution in [3.8, 4) is 0 Å². The topological polar surface area (TPSA) is 26.3 Å². The highest BCUT2D eigenvalue weighted by Gasteiger charge is 2.45. The lowest BCUT2D eigenvalue weighted by atomic mass is 9.85. The SMILES string of the molecule is C=C1C(=O)O[C@H](c2c(F)c(F)c(F)c(F)c2F)[C@@H]1c1ccccc1. The summed E-state index contributed by atoms with van der Waals surface area (Å²) in [6.45, 7) is 3.51. The molecule has 124 valence electrons. The van der Waals surface area contributed by atoms with E-state index in [1.165, 1.54) is 12.1 Å². The van der Waals surface area contributed by atoms with E-state index in [-0.39, 0.29) is 5.57 Å². The molecule has 2 atom stereocenters. The Morgan fingerprint density at radius 1 is 0.833 bits per heavy atom. The van der Waals surface area contributed by atoms with Crippen LogP contribution in [-0.2, 0) is 9.53 Å². The number of benzene rings is 2. The first-order chi connectivity index (χ1) is 11.3. The number of cyclic esters (lactones) is 1. The second kappa shape index (κ2) is 5.74. The monoisotopic (exact) mass is 340 g/mol. The lowest BCUT2D eigenvalue weighted by Gasteiger charge is -2.20. The Hall–Kier alpha value is -2.70.